The number of halogens is 1. The van der Waals surface area contributed by atoms with Crippen molar-refractivity contribution in [2.45, 2.75) is 20.3 Å². The van der Waals surface area contributed by atoms with Gasteiger partial charge in [0.1, 0.15) is 11.5 Å². The van der Waals surface area contributed by atoms with Crippen molar-refractivity contribution in [3.8, 4) is 11.8 Å². The molecule has 1 aliphatic rings. The van der Waals surface area contributed by atoms with Crippen LogP contribution in [0.25, 0.3) is 6.08 Å². The Morgan fingerprint density at radius 3 is 2.84 bits per heavy atom. The second kappa shape index (κ2) is 9.30. The third-order valence-electron chi connectivity index (χ3n) is 4.96. The van der Waals surface area contributed by atoms with Crippen molar-refractivity contribution in [1.29, 1.82) is 0 Å². The van der Waals surface area contributed by atoms with E-state index in [0.29, 0.717) is 36.4 Å². The van der Waals surface area contributed by atoms with Crippen LogP contribution in [0.15, 0.2) is 57.3 Å². The van der Waals surface area contributed by atoms with Crippen LogP contribution in [0.4, 0.5) is 10.6 Å². The van der Waals surface area contributed by atoms with E-state index >= 15 is 0 Å². The van der Waals surface area contributed by atoms with Crippen LogP contribution < -0.4 is 10.1 Å². The molecule has 31 heavy (non-hydrogen) atoms. The fourth-order valence-electron chi connectivity index (χ4n) is 3.40. The zero-order valence-corrected chi connectivity index (χ0v) is 18.8. The minimum Gasteiger partial charge on any atom is -0.424 e. The molecule has 0 spiro atoms. The number of benzene rings is 1. The predicted octanol–water partition coefficient (Wildman–Crippen LogP) is 5.29. The summed E-state index contributed by atoms with van der Waals surface area (Å²) in [6, 6.07) is 9.62. The van der Waals surface area contributed by atoms with E-state index < -0.39 is 0 Å². The number of piperidine rings is 1. The first-order valence-corrected chi connectivity index (χ1v) is 10.7. The summed E-state index contributed by atoms with van der Waals surface area (Å²) >= 11 is 3.31. The number of nitrogens with one attached hydrogen (secondary N) is 1. The van der Waals surface area contributed by atoms with Crippen molar-refractivity contribution < 1.29 is 14.1 Å². The van der Waals surface area contributed by atoms with E-state index in [1.807, 2.05) is 24.3 Å². The molecule has 1 atom stereocenters. The smallest absolute Gasteiger partial charge is 0.323 e. The van der Waals surface area contributed by atoms with E-state index in [0.717, 1.165) is 16.5 Å². The van der Waals surface area contributed by atoms with Gasteiger partial charge in [0.15, 0.2) is 5.82 Å². The van der Waals surface area contributed by atoms with Crippen LogP contribution in [0.5, 0.6) is 11.8 Å². The Morgan fingerprint density at radius 1 is 1.32 bits per heavy atom. The molecule has 2 amide bonds. The maximum atomic E-state index is 12.5. The standard InChI is InChI=1S/C22H22BrN5O3/c1-14-13-28(22(29)26-20-8-15(2)31-27-20)7-6-17(14)9-16-4-3-5-19(10-16)30-21-24-11-18(23)12-25-21/h3-5,8-12,14H,6-7,13H2,1-2H3,(H,26,27,29). The van der Waals surface area contributed by atoms with Gasteiger partial charge in [-0.1, -0.05) is 35.9 Å². The minimum atomic E-state index is -0.163. The van der Waals surface area contributed by atoms with Crippen molar-refractivity contribution >= 4 is 33.9 Å². The number of hydrogen-bond donors (Lipinski definition) is 1. The molecule has 3 aromatic rings. The molecule has 1 N–H and O–H groups in total. The van der Waals surface area contributed by atoms with E-state index in [2.05, 4.69) is 49.4 Å². The lowest BCUT2D eigenvalue weighted by Gasteiger charge is -2.33. The number of urea groups is 1. The van der Waals surface area contributed by atoms with Crippen LogP contribution >= 0.6 is 15.9 Å². The van der Waals surface area contributed by atoms with Gasteiger partial charge in [-0.15, -0.1) is 0 Å². The molecule has 1 aliphatic heterocycles. The van der Waals surface area contributed by atoms with E-state index in [-0.39, 0.29) is 11.9 Å². The lowest BCUT2D eigenvalue weighted by molar-refractivity contribution is 0.197. The Labute approximate surface area is 188 Å². The summed E-state index contributed by atoms with van der Waals surface area (Å²) < 4.78 is 11.5. The van der Waals surface area contributed by atoms with Crippen LogP contribution in [0, 0.1) is 12.8 Å². The highest BCUT2D eigenvalue weighted by Crippen LogP contribution is 2.27. The van der Waals surface area contributed by atoms with Crippen molar-refractivity contribution in [2.24, 2.45) is 5.92 Å². The number of aryl methyl sites for hydroxylation is 1. The van der Waals surface area contributed by atoms with Crippen molar-refractivity contribution in [1.82, 2.24) is 20.0 Å². The fourth-order valence-corrected chi connectivity index (χ4v) is 3.61. The summed E-state index contributed by atoms with van der Waals surface area (Å²) in [5, 5.41) is 6.60. The number of amides is 2. The molecule has 0 bridgehead atoms. The second-order valence-electron chi connectivity index (χ2n) is 7.43. The molecule has 4 rings (SSSR count). The first-order valence-electron chi connectivity index (χ1n) is 9.91. The highest BCUT2D eigenvalue weighted by atomic mass is 79.9. The number of likely N-dealkylation sites (tertiary alicyclic amines) is 1. The summed E-state index contributed by atoms with van der Waals surface area (Å²) in [5.74, 6) is 2.00. The highest BCUT2D eigenvalue weighted by Gasteiger charge is 2.25. The molecule has 160 valence electrons. The van der Waals surface area contributed by atoms with Gasteiger partial charge in [0.05, 0.1) is 4.47 Å². The molecule has 1 fully saturated rings. The molecule has 0 aliphatic carbocycles. The highest BCUT2D eigenvalue weighted by molar-refractivity contribution is 9.10. The van der Waals surface area contributed by atoms with Crippen molar-refractivity contribution in [2.75, 3.05) is 18.4 Å². The topological polar surface area (TPSA) is 93.4 Å². The molecule has 3 heterocycles. The van der Waals surface area contributed by atoms with Crippen molar-refractivity contribution in [3.05, 3.63) is 64.1 Å². The molecular weight excluding hydrogens is 462 g/mol. The number of aromatic nitrogens is 3. The van der Waals surface area contributed by atoms with E-state index in [4.69, 9.17) is 9.26 Å². The van der Waals surface area contributed by atoms with E-state index in [1.54, 1.807) is 30.3 Å². The zero-order valence-electron chi connectivity index (χ0n) is 17.2. The maximum absolute atomic E-state index is 12.5. The van der Waals surface area contributed by atoms with E-state index in [1.165, 1.54) is 5.57 Å². The molecule has 0 saturated carbocycles. The molecule has 1 saturated heterocycles. The quantitative estimate of drug-likeness (QED) is 0.541. The summed E-state index contributed by atoms with van der Waals surface area (Å²) in [6.45, 7) is 5.19. The average molecular weight is 484 g/mol. The number of nitrogens with zero attached hydrogens (tertiary/aromatic N) is 4. The van der Waals surface area contributed by atoms with Crippen LogP contribution in [0.3, 0.4) is 0 Å². The normalized spacial score (nSPS) is 17.6. The number of carbonyl (C=O) groups is 1. The van der Waals surface area contributed by atoms with Gasteiger partial charge in [-0.3, -0.25) is 5.32 Å². The lowest BCUT2D eigenvalue weighted by Crippen LogP contribution is -2.42. The lowest BCUT2D eigenvalue weighted by atomic mass is 9.91. The van der Waals surface area contributed by atoms with Gasteiger partial charge in [-0.25, -0.2) is 14.8 Å². The van der Waals surface area contributed by atoms with E-state index in [9.17, 15) is 4.79 Å². The Balaban J connectivity index is 1.39. The predicted molar refractivity (Wildman–Crippen MR) is 120 cm³/mol. The van der Waals surface area contributed by atoms with Gasteiger partial charge >= 0.3 is 12.0 Å². The molecule has 1 aromatic carbocycles. The van der Waals surface area contributed by atoms with Gasteiger partial charge in [0.25, 0.3) is 0 Å². The summed E-state index contributed by atoms with van der Waals surface area (Å²) in [4.78, 5) is 22.6. The molecule has 1 unspecified atom stereocenters. The molecule has 9 heteroatoms. The number of carbonyl (C=O) groups excluding carboxylic acids is 1. The largest absolute Gasteiger partial charge is 0.424 e. The van der Waals surface area contributed by atoms with Crippen molar-refractivity contribution in [3.63, 3.8) is 0 Å². The first-order chi connectivity index (χ1) is 15.0. The van der Waals surface area contributed by atoms with Gasteiger partial charge in [0.2, 0.25) is 0 Å². The number of anilines is 1. The molecule has 2 aromatic heterocycles. The monoisotopic (exact) mass is 483 g/mol. The van der Waals surface area contributed by atoms with Crippen LogP contribution in [-0.2, 0) is 0 Å². The minimum absolute atomic E-state index is 0.163. The SMILES string of the molecule is Cc1cc(NC(=O)N2CCC(=Cc3cccc(Oc4ncc(Br)cn4)c3)C(C)C2)no1. The Kier molecular flexibility index (Phi) is 6.31. The molecule has 8 nitrogen and oxygen atoms in total. The van der Waals surface area contributed by atoms with Crippen LogP contribution in [-0.4, -0.2) is 39.1 Å². The van der Waals surface area contributed by atoms with Gasteiger partial charge in [-0.2, -0.15) is 0 Å². The number of ether oxygens (including phenoxy) is 1. The maximum Gasteiger partial charge on any atom is 0.323 e. The van der Waals surface area contributed by atoms with Gasteiger partial charge in [-0.05, 0) is 52.9 Å². The Morgan fingerprint density at radius 2 is 2.13 bits per heavy atom. The van der Waals surface area contributed by atoms with Gasteiger partial charge in [0, 0.05) is 31.5 Å². The Bertz CT molecular complexity index is 1100. The van der Waals surface area contributed by atoms with Crippen LogP contribution in [0.2, 0.25) is 0 Å². The molecular formula is C22H22BrN5O3. The average Bonchev–Trinajstić information content (AvgIpc) is 3.16. The third-order valence-corrected chi connectivity index (χ3v) is 5.37. The molecule has 0 radical (unpaired) electrons. The zero-order chi connectivity index (χ0) is 21.8. The van der Waals surface area contributed by atoms with Gasteiger partial charge < -0.3 is 14.2 Å². The summed E-state index contributed by atoms with van der Waals surface area (Å²) in [5.41, 5.74) is 2.32. The fraction of sp³-hybridized carbons (Fsp3) is 0.273. The first kappa shape index (κ1) is 21.0. The number of hydrogen-bond acceptors (Lipinski definition) is 6. The second-order valence-corrected chi connectivity index (χ2v) is 8.34. The summed E-state index contributed by atoms with van der Waals surface area (Å²) in [6.07, 6.45) is 6.25. The third kappa shape index (κ3) is 5.49. The van der Waals surface area contributed by atoms with Crippen LogP contribution in [0.1, 0.15) is 24.7 Å². The summed E-state index contributed by atoms with van der Waals surface area (Å²) in [7, 11) is 0. The Hall–Kier alpha value is -3.20. The number of rotatable bonds is 4.